The molecule has 1 rings (SSSR count). The first kappa shape index (κ1) is 30.6. The van der Waals surface area contributed by atoms with Crippen molar-refractivity contribution in [3.8, 4) is 5.75 Å². The Labute approximate surface area is 215 Å². The van der Waals surface area contributed by atoms with E-state index in [-0.39, 0.29) is 30.3 Å². The van der Waals surface area contributed by atoms with E-state index in [2.05, 4.69) is 28.6 Å². The second kappa shape index (κ2) is 15.5. The number of rotatable bonds is 15. The number of carboxylic acids is 1. The summed E-state index contributed by atoms with van der Waals surface area (Å²) in [4.78, 5) is 49.8. The van der Waals surface area contributed by atoms with Crippen molar-refractivity contribution < 1.29 is 29.4 Å². The predicted octanol–water partition coefficient (Wildman–Crippen LogP) is 0.530. The van der Waals surface area contributed by atoms with E-state index in [1.54, 1.807) is 19.1 Å². The second-order valence-electron chi connectivity index (χ2n) is 8.27. The van der Waals surface area contributed by atoms with Gasteiger partial charge in [0, 0.05) is 5.75 Å². The van der Waals surface area contributed by atoms with Crippen LogP contribution in [0.3, 0.4) is 0 Å². The molecule has 0 radical (unpaired) electrons. The van der Waals surface area contributed by atoms with Crippen LogP contribution in [-0.4, -0.2) is 75.8 Å². The molecule has 35 heavy (non-hydrogen) atoms. The van der Waals surface area contributed by atoms with Crippen molar-refractivity contribution in [2.24, 2.45) is 11.7 Å². The SMILES string of the molecule is CCC(C)C(NC(=O)C(N)Cc1ccc(O)cc1)C(=O)NC(CS)C(=O)NC(CCSC)C(=O)O. The Hall–Kier alpha value is -2.44. The van der Waals surface area contributed by atoms with Gasteiger partial charge in [-0.1, -0.05) is 32.4 Å². The largest absolute Gasteiger partial charge is 0.508 e. The smallest absolute Gasteiger partial charge is 0.326 e. The average Bonchev–Trinajstić information content (AvgIpc) is 2.83. The molecule has 1 aromatic carbocycles. The number of nitrogens with two attached hydrogens (primary N) is 1. The second-order valence-corrected chi connectivity index (χ2v) is 9.62. The van der Waals surface area contributed by atoms with E-state index in [4.69, 9.17) is 5.73 Å². The maximum Gasteiger partial charge on any atom is 0.326 e. The third-order valence-electron chi connectivity index (χ3n) is 5.56. The first-order valence-corrected chi connectivity index (χ1v) is 13.3. The van der Waals surface area contributed by atoms with Gasteiger partial charge in [-0.2, -0.15) is 24.4 Å². The van der Waals surface area contributed by atoms with E-state index < -0.39 is 47.9 Å². The first-order chi connectivity index (χ1) is 16.5. The molecule has 0 saturated carbocycles. The molecular weight excluding hydrogens is 492 g/mol. The monoisotopic (exact) mass is 528 g/mol. The molecule has 3 amide bonds. The Bertz CT molecular complexity index is 855. The average molecular weight is 529 g/mol. The summed E-state index contributed by atoms with van der Waals surface area (Å²) in [6.45, 7) is 3.65. The molecule has 0 spiro atoms. The fourth-order valence-electron chi connectivity index (χ4n) is 3.16. The number of hydrogen-bond acceptors (Lipinski definition) is 8. The van der Waals surface area contributed by atoms with Crippen LogP contribution in [0.4, 0.5) is 0 Å². The van der Waals surface area contributed by atoms with Gasteiger partial charge >= 0.3 is 5.97 Å². The van der Waals surface area contributed by atoms with E-state index >= 15 is 0 Å². The van der Waals surface area contributed by atoms with Crippen LogP contribution in [0.1, 0.15) is 32.3 Å². The highest BCUT2D eigenvalue weighted by molar-refractivity contribution is 7.98. The molecular formula is C23H36N4O6S2. The minimum Gasteiger partial charge on any atom is -0.508 e. The van der Waals surface area contributed by atoms with E-state index in [1.807, 2.05) is 13.2 Å². The van der Waals surface area contributed by atoms with Crippen molar-refractivity contribution in [1.82, 2.24) is 16.0 Å². The van der Waals surface area contributed by atoms with E-state index in [0.717, 1.165) is 5.56 Å². The zero-order valence-electron chi connectivity index (χ0n) is 20.2. The number of aliphatic carboxylic acids is 1. The summed E-state index contributed by atoms with van der Waals surface area (Å²) in [7, 11) is 0. The minimum atomic E-state index is -1.16. The van der Waals surface area contributed by atoms with Crippen LogP contribution in [0.15, 0.2) is 24.3 Å². The summed E-state index contributed by atoms with van der Waals surface area (Å²) in [6.07, 6.45) is 2.84. The molecule has 1 aromatic rings. The predicted molar refractivity (Wildman–Crippen MR) is 140 cm³/mol. The van der Waals surface area contributed by atoms with Crippen LogP contribution >= 0.6 is 24.4 Å². The lowest BCUT2D eigenvalue weighted by Crippen LogP contribution is -2.59. The number of amides is 3. The van der Waals surface area contributed by atoms with Crippen LogP contribution in [0.25, 0.3) is 0 Å². The van der Waals surface area contributed by atoms with Gasteiger partial charge in [-0.15, -0.1) is 0 Å². The Balaban J connectivity index is 2.85. The van der Waals surface area contributed by atoms with E-state index in [0.29, 0.717) is 12.2 Å². The minimum absolute atomic E-state index is 0.0615. The van der Waals surface area contributed by atoms with Crippen LogP contribution in [0.5, 0.6) is 5.75 Å². The summed E-state index contributed by atoms with van der Waals surface area (Å²) in [6, 6.07) is 2.23. The van der Waals surface area contributed by atoms with Crippen molar-refractivity contribution in [3.05, 3.63) is 29.8 Å². The van der Waals surface area contributed by atoms with Gasteiger partial charge in [-0.3, -0.25) is 14.4 Å². The van der Waals surface area contributed by atoms with Crippen molar-refractivity contribution in [2.45, 2.75) is 57.3 Å². The number of carboxylic acid groups (broad SMARTS) is 1. The maximum absolute atomic E-state index is 13.0. The van der Waals surface area contributed by atoms with E-state index in [1.165, 1.54) is 23.9 Å². The zero-order chi connectivity index (χ0) is 26.5. The van der Waals surface area contributed by atoms with Gasteiger partial charge in [0.1, 0.15) is 23.9 Å². The van der Waals surface area contributed by atoms with Gasteiger partial charge in [-0.25, -0.2) is 4.79 Å². The number of hydrogen-bond donors (Lipinski definition) is 7. The number of phenolic OH excluding ortho intramolecular Hbond substituents is 1. The van der Waals surface area contributed by atoms with Crippen LogP contribution < -0.4 is 21.7 Å². The number of aromatic hydroxyl groups is 1. The Kier molecular flexibility index (Phi) is 13.6. The number of thiol groups is 1. The van der Waals surface area contributed by atoms with Gasteiger partial charge in [0.15, 0.2) is 0 Å². The summed E-state index contributed by atoms with van der Waals surface area (Å²) < 4.78 is 0. The number of phenols is 1. The van der Waals surface area contributed by atoms with Gasteiger partial charge in [-0.05, 0) is 48.5 Å². The molecule has 0 aliphatic heterocycles. The van der Waals surface area contributed by atoms with Gasteiger partial charge < -0.3 is 31.9 Å². The third-order valence-corrected chi connectivity index (χ3v) is 6.57. The Morgan fingerprint density at radius 3 is 2.14 bits per heavy atom. The maximum atomic E-state index is 13.0. The number of carbonyl (C=O) groups is 4. The Morgan fingerprint density at radius 1 is 1.03 bits per heavy atom. The molecule has 10 nitrogen and oxygen atoms in total. The van der Waals surface area contributed by atoms with Crippen LogP contribution in [-0.2, 0) is 25.6 Å². The first-order valence-electron chi connectivity index (χ1n) is 11.3. The number of thioether (sulfide) groups is 1. The van der Waals surface area contributed by atoms with Crippen molar-refractivity contribution in [2.75, 3.05) is 17.8 Å². The molecule has 5 atom stereocenters. The molecule has 0 aliphatic carbocycles. The van der Waals surface area contributed by atoms with Crippen LogP contribution in [0, 0.1) is 5.92 Å². The summed E-state index contributed by atoms with van der Waals surface area (Å²) in [5.74, 6) is -2.64. The van der Waals surface area contributed by atoms with Crippen molar-refractivity contribution in [1.29, 1.82) is 0 Å². The topological polar surface area (TPSA) is 171 Å². The molecule has 0 bridgehead atoms. The number of nitrogens with one attached hydrogen (secondary N) is 3. The van der Waals surface area contributed by atoms with Gasteiger partial charge in [0.2, 0.25) is 17.7 Å². The third kappa shape index (κ3) is 10.4. The van der Waals surface area contributed by atoms with Crippen molar-refractivity contribution in [3.63, 3.8) is 0 Å². The molecule has 0 aromatic heterocycles. The molecule has 12 heteroatoms. The molecule has 7 N–H and O–H groups in total. The molecule has 0 fully saturated rings. The molecule has 0 saturated heterocycles. The van der Waals surface area contributed by atoms with E-state index in [9.17, 15) is 29.4 Å². The zero-order valence-corrected chi connectivity index (χ0v) is 21.9. The summed E-state index contributed by atoms with van der Waals surface area (Å²) in [5.41, 5.74) is 6.78. The van der Waals surface area contributed by atoms with Crippen molar-refractivity contribution >= 4 is 48.1 Å². The summed E-state index contributed by atoms with van der Waals surface area (Å²) in [5, 5.41) is 26.4. The lowest BCUT2D eigenvalue weighted by molar-refractivity contribution is -0.142. The number of benzene rings is 1. The van der Waals surface area contributed by atoms with Crippen LogP contribution in [0.2, 0.25) is 0 Å². The fraction of sp³-hybridized carbons (Fsp3) is 0.565. The normalized spacial score (nSPS) is 15.2. The van der Waals surface area contributed by atoms with Gasteiger partial charge in [0.25, 0.3) is 0 Å². The standard InChI is InChI=1S/C23H36N4O6S2/c1-4-13(2)19(27-20(29)16(24)11-14-5-7-15(28)8-6-14)22(31)26-18(12-34)21(30)25-17(23(32)33)9-10-35-3/h5-8,13,16-19,28,34H,4,9-12,24H2,1-3H3,(H,25,30)(H,26,31)(H,27,29)(H,32,33). The highest BCUT2D eigenvalue weighted by atomic mass is 32.2. The molecule has 196 valence electrons. The quantitative estimate of drug-likeness (QED) is 0.162. The lowest BCUT2D eigenvalue weighted by Gasteiger charge is -2.27. The lowest BCUT2D eigenvalue weighted by atomic mass is 9.97. The molecule has 0 aliphatic rings. The highest BCUT2D eigenvalue weighted by Crippen LogP contribution is 2.12. The molecule has 0 heterocycles. The molecule has 5 unspecified atom stereocenters. The summed E-state index contributed by atoms with van der Waals surface area (Å²) >= 11 is 5.59. The number of carbonyl (C=O) groups excluding carboxylic acids is 3. The fourth-order valence-corrected chi connectivity index (χ4v) is 3.89. The Morgan fingerprint density at radius 2 is 1.63 bits per heavy atom. The van der Waals surface area contributed by atoms with Gasteiger partial charge in [0.05, 0.1) is 6.04 Å². The highest BCUT2D eigenvalue weighted by Gasteiger charge is 2.32.